The molecule has 11 heteroatoms. The first-order valence-corrected chi connectivity index (χ1v) is 13.2. The van der Waals surface area contributed by atoms with Crippen molar-refractivity contribution in [1.82, 2.24) is 10.2 Å². The summed E-state index contributed by atoms with van der Waals surface area (Å²) >= 11 is 9.18. The highest BCUT2D eigenvalue weighted by molar-refractivity contribution is 9.10. The van der Waals surface area contributed by atoms with Crippen LogP contribution in [0.4, 0.5) is 10.1 Å². The molecule has 0 unspecified atom stereocenters. The Morgan fingerprint density at radius 1 is 1.18 bits per heavy atom. The van der Waals surface area contributed by atoms with E-state index >= 15 is 0 Å². The number of carbonyl (C=O) groups excluding carboxylic acids is 2. The van der Waals surface area contributed by atoms with Gasteiger partial charge >= 0.3 is 0 Å². The second-order valence-electron chi connectivity index (χ2n) is 7.48. The molecule has 2 rings (SSSR count). The van der Waals surface area contributed by atoms with Crippen LogP contribution >= 0.6 is 27.5 Å². The zero-order chi connectivity index (χ0) is 24.8. The van der Waals surface area contributed by atoms with Gasteiger partial charge < -0.3 is 10.2 Å². The third-order valence-electron chi connectivity index (χ3n) is 4.85. The number of halogens is 3. The van der Waals surface area contributed by atoms with Crippen molar-refractivity contribution >= 4 is 55.1 Å². The van der Waals surface area contributed by atoms with Crippen LogP contribution in [0.15, 0.2) is 46.9 Å². The second-order valence-corrected chi connectivity index (χ2v) is 10.7. The predicted octanol–water partition coefficient (Wildman–Crippen LogP) is 3.95. The minimum absolute atomic E-state index is 0.0453. The Morgan fingerprint density at radius 3 is 2.36 bits per heavy atom. The summed E-state index contributed by atoms with van der Waals surface area (Å²) in [7, 11) is -3.92. The average Bonchev–Trinajstić information content (AvgIpc) is 2.76. The molecule has 0 aliphatic carbocycles. The van der Waals surface area contributed by atoms with Crippen LogP contribution in [0.25, 0.3) is 0 Å². The van der Waals surface area contributed by atoms with Gasteiger partial charge in [0.2, 0.25) is 21.8 Å². The van der Waals surface area contributed by atoms with Crippen LogP contribution in [0.1, 0.15) is 25.8 Å². The first-order chi connectivity index (χ1) is 15.4. The maximum Gasteiger partial charge on any atom is 0.244 e. The summed E-state index contributed by atoms with van der Waals surface area (Å²) in [5.41, 5.74) is 0.807. The summed E-state index contributed by atoms with van der Waals surface area (Å²) in [5, 5.41) is 2.49. The molecule has 33 heavy (non-hydrogen) atoms. The number of nitrogens with zero attached hydrogens (tertiary/aromatic N) is 2. The fourth-order valence-electron chi connectivity index (χ4n) is 3.02. The topological polar surface area (TPSA) is 86.8 Å². The van der Waals surface area contributed by atoms with Gasteiger partial charge in [0.05, 0.1) is 17.0 Å². The number of rotatable bonds is 10. The quantitative estimate of drug-likeness (QED) is 0.475. The molecule has 1 N–H and O–H groups in total. The largest absolute Gasteiger partial charge is 0.354 e. The molecule has 2 amide bonds. The number of hydrogen-bond acceptors (Lipinski definition) is 4. The summed E-state index contributed by atoms with van der Waals surface area (Å²) < 4.78 is 40.2. The number of hydrogen-bond donors (Lipinski definition) is 1. The SMILES string of the molecule is CCCNC(=O)[C@@H](C)N(Cc1ccc(Br)cc1)C(=O)CN(c1ccc(F)c(Cl)c1)S(C)(=O)=O. The molecule has 0 heterocycles. The third kappa shape index (κ3) is 7.68. The van der Waals surface area contributed by atoms with E-state index in [1.165, 1.54) is 11.0 Å². The molecule has 0 radical (unpaired) electrons. The van der Waals surface area contributed by atoms with E-state index in [0.717, 1.165) is 39.2 Å². The molecular weight excluding hydrogens is 537 g/mol. The molecule has 0 bridgehead atoms. The van der Waals surface area contributed by atoms with E-state index in [4.69, 9.17) is 11.6 Å². The van der Waals surface area contributed by atoms with Crippen LogP contribution in [0.3, 0.4) is 0 Å². The molecular formula is C22H26BrClFN3O4S. The summed E-state index contributed by atoms with van der Waals surface area (Å²) in [6.07, 6.45) is 1.67. The number of anilines is 1. The monoisotopic (exact) mass is 561 g/mol. The zero-order valence-electron chi connectivity index (χ0n) is 18.5. The van der Waals surface area contributed by atoms with E-state index in [1.807, 2.05) is 19.1 Å². The van der Waals surface area contributed by atoms with Gasteiger partial charge in [-0.3, -0.25) is 13.9 Å². The fraction of sp³-hybridized carbons (Fsp3) is 0.364. The summed E-state index contributed by atoms with van der Waals surface area (Å²) in [5.74, 6) is -1.65. The van der Waals surface area contributed by atoms with E-state index in [-0.39, 0.29) is 23.2 Å². The van der Waals surface area contributed by atoms with Gasteiger partial charge in [0.1, 0.15) is 18.4 Å². The van der Waals surface area contributed by atoms with E-state index in [9.17, 15) is 22.4 Å². The summed E-state index contributed by atoms with van der Waals surface area (Å²) in [6.45, 7) is 3.46. The number of benzene rings is 2. The molecule has 0 aliphatic rings. The van der Waals surface area contributed by atoms with Crippen molar-refractivity contribution in [2.75, 3.05) is 23.7 Å². The van der Waals surface area contributed by atoms with Crippen LogP contribution in [0.5, 0.6) is 0 Å². The highest BCUT2D eigenvalue weighted by Crippen LogP contribution is 2.25. The van der Waals surface area contributed by atoms with Crippen molar-refractivity contribution in [1.29, 1.82) is 0 Å². The van der Waals surface area contributed by atoms with Crippen LogP contribution < -0.4 is 9.62 Å². The predicted molar refractivity (Wildman–Crippen MR) is 131 cm³/mol. The smallest absolute Gasteiger partial charge is 0.244 e. The minimum Gasteiger partial charge on any atom is -0.354 e. The summed E-state index contributed by atoms with van der Waals surface area (Å²) in [4.78, 5) is 27.3. The first kappa shape index (κ1) is 27.1. The molecule has 180 valence electrons. The van der Waals surface area contributed by atoms with Crippen molar-refractivity contribution < 1.29 is 22.4 Å². The molecule has 0 aliphatic heterocycles. The van der Waals surface area contributed by atoms with Gasteiger partial charge in [-0.1, -0.05) is 46.6 Å². The molecule has 0 saturated heterocycles. The molecule has 0 spiro atoms. The van der Waals surface area contributed by atoms with Crippen molar-refractivity contribution in [3.8, 4) is 0 Å². The lowest BCUT2D eigenvalue weighted by molar-refractivity contribution is -0.139. The standard InChI is InChI=1S/C22H26BrClFN3O4S/c1-4-11-26-22(30)15(2)27(13-16-5-7-17(23)8-6-16)21(29)14-28(33(3,31)32)18-9-10-20(25)19(24)12-18/h5-10,12,15H,4,11,13-14H2,1-3H3,(H,26,30)/t15-/m1/s1. The molecule has 1 atom stereocenters. The van der Waals surface area contributed by atoms with E-state index in [0.29, 0.717) is 6.54 Å². The number of carbonyl (C=O) groups is 2. The molecule has 2 aromatic carbocycles. The lowest BCUT2D eigenvalue weighted by Gasteiger charge is -2.31. The third-order valence-corrected chi connectivity index (χ3v) is 6.81. The number of amides is 2. The zero-order valence-corrected chi connectivity index (χ0v) is 21.7. The van der Waals surface area contributed by atoms with Crippen molar-refractivity contribution in [2.45, 2.75) is 32.9 Å². The average molecular weight is 563 g/mol. The number of sulfonamides is 1. The maximum atomic E-state index is 13.6. The van der Waals surface area contributed by atoms with Gasteiger partial charge in [0, 0.05) is 17.6 Å². The van der Waals surface area contributed by atoms with Crippen molar-refractivity contribution in [3.05, 3.63) is 63.3 Å². The Hall–Kier alpha value is -2.17. The van der Waals surface area contributed by atoms with Crippen LogP contribution in [-0.4, -0.2) is 50.5 Å². The maximum absolute atomic E-state index is 13.6. The van der Waals surface area contributed by atoms with Gasteiger partial charge in [-0.05, 0) is 49.2 Å². The Morgan fingerprint density at radius 2 is 1.82 bits per heavy atom. The van der Waals surface area contributed by atoms with Crippen molar-refractivity contribution in [2.24, 2.45) is 0 Å². The van der Waals surface area contributed by atoms with Crippen LogP contribution in [0, 0.1) is 5.82 Å². The Labute approximate surface area is 207 Å². The van der Waals surface area contributed by atoms with Gasteiger partial charge in [-0.2, -0.15) is 0 Å². The molecule has 7 nitrogen and oxygen atoms in total. The Kier molecular flexibility index (Phi) is 9.69. The highest BCUT2D eigenvalue weighted by Gasteiger charge is 2.30. The van der Waals surface area contributed by atoms with Crippen LogP contribution in [0.2, 0.25) is 5.02 Å². The van der Waals surface area contributed by atoms with Crippen molar-refractivity contribution in [3.63, 3.8) is 0 Å². The Balaban J connectivity index is 2.38. The number of nitrogens with one attached hydrogen (secondary N) is 1. The molecule has 0 saturated carbocycles. The van der Waals surface area contributed by atoms with Gasteiger partial charge in [-0.25, -0.2) is 12.8 Å². The summed E-state index contributed by atoms with van der Waals surface area (Å²) in [6, 6.07) is 9.76. The molecule has 0 aromatic heterocycles. The van der Waals surface area contributed by atoms with E-state index in [2.05, 4.69) is 21.2 Å². The van der Waals surface area contributed by atoms with E-state index in [1.54, 1.807) is 19.1 Å². The second kappa shape index (κ2) is 11.8. The lowest BCUT2D eigenvalue weighted by Crippen LogP contribution is -2.51. The first-order valence-electron chi connectivity index (χ1n) is 10.2. The highest BCUT2D eigenvalue weighted by atomic mass is 79.9. The van der Waals surface area contributed by atoms with Gasteiger partial charge in [0.25, 0.3) is 0 Å². The van der Waals surface area contributed by atoms with Gasteiger partial charge in [0.15, 0.2) is 0 Å². The lowest BCUT2D eigenvalue weighted by atomic mass is 10.1. The molecule has 0 fully saturated rings. The fourth-order valence-corrected chi connectivity index (χ4v) is 4.30. The normalized spacial score (nSPS) is 12.2. The molecule has 2 aromatic rings. The van der Waals surface area contributed by atoms with Crippen LogP contribution in [-0.2, 0) is 26.2 Å². The minimum atomic E-state index is -3.92. The Bertz CT molecular complexity index is 1100. The van der Waals surface area contributed by atoms with Gasteiger partial charge in [-0.15, -0.1) is 0 Å². The van der Waals surface area contributed by atoms with E-state index < -0.39 is 34.3 Å².